The fourth-order valence-corrected chi connectivity index (χ4v) is 3.64. The predicted octanol–water partition coefficient (Wildman–Crippen LogP) is 4.82. The van der Waals surface area contributed by atoms with Crippen LogP contribution in [-0.2, 0) is 16.6 Å². The van der Waals surface area contributed by atoms with Crippen molar-refractivity contribution in [2.24, 2.45) is 0 Å². The smallest absolute Gasteiger partial charge is 0.239 e. The molecule has 118 valence electrons. The molecule has 2 nitrogen and oxygen atoms in total. The second kappa shape index (κ2) is 5.81. The Labute approximate surface area is 146 Å². The van der Waals surface area contributed by atoms with Crippen molar-refractivity contribution in [3.63, 3.8) is 0 Å². The Hall–Kier alpha value is -2.58. The highest BCUT2D eigenvalue weighted by atomic mass is 35.5. The van der Waals surface area contributed by atoms with E-state index < -0.39 is 5.41 Å². The topological polar surface area (TPSA) is 29.1 Å². The molecule has 0 fully saturated rings. The first-order valence-corrected chi connectivity index (χ1v) is 8.29. The third-order valence-corrected chi connectivity index (χ3v) is 4.92. The number of carbonyl (C=O) groups excluding carboxylic acids is 1. The van der Waals surface area contributed by atoms with Crippen molar-refractivity contribution in [1.82, 2.24) is 0 Å². The van der Waals surface area contributed by atoms with Gasteiger partial charge in [0, 0.05) is 10.7 Å². The highest BCUT2D eigenvalue weighted by Gasteiger charge is 2.47. The number of nitrogens with one attached hydrogen (secondary N) is 1. The zero-order valence-corrected chi connectivity index (χ0v) is 13.8. The number of benzene rings is 3. The molecule has 3 aromatic carbocycles. The fourth-order valence-electron chi connectivity index (χ4n) is 3.52. The molecule has 3 heteroatoms. The highest BCUT2D eigenvalue weighted by molar-refractivity contribution is 6.30. The van der Waals surface area contributed by atoms with E-state index in [-0.39, 0.29) is 5.91 Å². The maximum Gasteiger partial charge on any atom is 0.239 e. The summed E-state index contributed by atoms with van der Waals surface area (Å²) in [7, 11) is 0. The lowest BCUT2D eigenvalue weighted by molar-refractivity contribution is -0.119. The van der Waals surface area contributed by atoms with Crippen LogP contribution in [0.4, 0.5) is 5.69 Å². The molecule has 0 bridgehead atoms. The summed E-state index contributed by atoms with van der Waals surface area (Å²) in [5.74, 6) is 0.00914. The molecule has 0 saturated heterocycles. The SMILES string of the molecule is O=C1Nc2ccccc2[C@@]1(Cc1ccccc1)c1ccc(Cl)cc1. The second-order valence-corrected chi connectivity index (χ2v) is 6.51. The van der Waals surface area contributed by atoms with E-state index in [0.29, 0.717) is 11.4 Å². The molecular weight excluding hydrogens is 318 g/mol. The van der Waals surface area contributed by atoms with E-state index in [1.807, 2.05) is 66.7 Å². The zero-order chi connectivity index (χ0) is 16.6. The average molecular weight is 334 g/mol. The van der Waals surface area contributed by atoms with Crippen LogP contribution in [0, 0.1) is 0 Å². The van der Waals surface area contributed by atoms with E-state index in [0.717, 1.165) is 22.4 Å². The average Bonchev–Trinajstić information content (AvgIpc) is 2.89. The molecular formula is C21H16ClNO. The van der Waals surface area contributed by atoms with Crippen molar-refractivity contribution in [3.8, 4) is 0 Å². The molecule has 0 radical (unpaired) electrons. The van der Waals surface area contributed by atoms with Gasteiger partial charge < -0.3 is 5.32 Å². The summed E-state index contributed by atoms with van der Waals surface area (Å²) < 4.78 is 0. The van der Waals surface area contributed by atoms with Gasteiger partial charge in [-0.2, -0.15) is 0 Å². The van der Waals surface area contributed by atoms with Crippen molar-refractivity contribution in [2.75, 3.05) is 5.32 Å². The summed E-state index contributed by atoms with van der Waals surface area (Å²) in [5.41, 5.74) is 3.25. The minimum Gasteiger partial charge on any atom is -0.325 e. The first-order valence-electron chi connectivity index (χ1n) is 7.91. The fraction of sp³-hybridized carbons (Fsp3) is 0.0952. The van der Waals surface area contributed by atoms with Gasteiger partial charge in [-0.15, -0.1) is 0 Å². The maximum atomic E-state index is 13.1. The Morgan fingerprint density at radius 2 is 1.50 bits per heavy atom. The van der Waals surface area contributed by atoms with Crippen LogP contribution in [-0.4, -0.2) is 5.91 Å². The standard InChI is InChI=1S/C21H16ClNO/c22-17-12-10-16(11-13-17)21(14-15-6-2-1-3-7-15)18-8-4-5-9-19(18)23-20(21)24/h1-13H,14H2,(H,23,24)/t21-/m1/s1. The molecule has 0 unspecified atom stereocenters. The minimum atomic E-state index is -0.734. The van der Waals surface area contributed by atoms with E-state index in [1.165, 1.54) is 0 Å². The van der Waals surface area contributed by atoms with Crippen LogP contribution in [0.25, 0.3) is 0 Å². The molecule has 0 spiro atoms. The molecule has 1 amide bonds. The van der Waals surface area contributed by atoms with Gasteiger partial charge in [0.1, 0.15) is 5.41 Å². The van der Waals surface area contributed by atoms with Crippen molar-refractivity contribution < 1.29 is 4.79 Å². The third kappa shape index (κ3) is 2.31. The molecule has 1 aliphatic rings. The minimum absolute atomic E-state index is 0.00914. The van der Waals surface area contributed by atoms with E-state index in [1.54, 1.807) is 0 Å². The van der Waals surface area contributed by atoms with Crippen LogP contribution in [0.5, 0.6) is 0 Å². The molecule has 3 aromatic rings. The zero-order valence-electron chi connectivity index (χ0n) is 13.0. The number of rotatable bonds is 3. The predicted molar refractivity (Wildman–Crippen MR) is 97.4 cm³/mol. The largest absolute Gasteiger partial charge is 0.325 e. The lowest BCUT2D eigenvalue weighted by Crippen LogP contribution is -2.38. The van der Waals surface area contributed by atoms with Crippen LogP contribution in [0.3, 0.4) is 0 Å². The van der Waals surface area contributed by atoms with Crippen LogP contribution in [0.1, 0.15) is 16.7 Å². The Balaban J connectivity index is 1.93. The van der Waals surface area contributed by atoms with Crippen LogP contribution in [0.2, 0.25) is 5.02 Å². The van der Waals surface area contributed by atoms with Gasteiger partial charge >= 0.3 is 0 Å². The van der Waals surface area contributed by atoms with Crippen LogP contribution >= 0.6 is 11.6 Å². The number of para-hydroxylation sites is 1. The van der Waals surface area contributed by atoms with Crippen molar-refractivity contribution in [3.05, 3.63) is 101 Å². The number of hydrogen-bond acceptors (Lipinski definition) is 1. The summed E-state index contributed by atoms with van der Waals surface area (Å²) in [6.07, 6.45) is 0.609. The number of halogens is 1. The quantitative estimate of drug-likeness (QED) is 0.731. The van der Waals surface area contributed by atoms with E-state index >= 15 is 0 Å². The van der Waals surface area contributed by atoms with Gasteiger partial charge in [0.05, 0.1) is 0 Å². The number of amides is 1. The monoisotopic (exact) mass is 333 g/mol. The van der Waals surface area contributed by atoms with Crippen LogP contribution < -0.4 is 5.32 Å². The Kier molecular flexibility index (Phi) is 3.62. The van der Waals surface area contributed by atoms with Crippen molar-refractivity contribution in [1.29, 1.82) is 0 Å². The molecule has 0 saturated carbocycles. The summed E-state index contributed by atoms with van der Waals surface area (Å²) >= 11 is 6.06. The summed E-state index contributed by atoms with van der Waals surface area (Å²) in [4.78, 5) is 13.1. The van der Waals surface area contributed by atoms with Crippen LogP contribution in [0.15, 0.2) is 78.9 Å². The maximum absolute atomic E-state index is 13.1. The molecule has 1 aliphatic heterocycles. The number of anilines is 1. The molecule has 1 N–H and O–H groups in total. The van der Waals surface area contributed by atoms with Gasteiger partial charge in [-0.1, -0.05) is 72.3 Å². The highest BCUT2D eigenvalue weighted by Crippen LogP contribution is 2.45. The Morgan fingerprint density at radius 1 is 0.833 bits per heavy atom. The summed E-state index contributed by atoms with van der Waals surface area (Å²) in [6, 6.07) is 25.6. The van der Waals surface area contributed by atoms with Gasteiger partial charge in [0.25, 0.3) is 0 Å². The van der Waals surface area contributed by atoms with Gasteiger partial charge in [-0.05, 0) is 41.3 Å². The van der Waals surface area contributed by atoms with Crippen molar-refractivity contribution in [2.45, 2.75) is 11.8 Å². The van der Waals surface area contributed by atoms with E-state index in [2.05, 4.69) is 17.4 Å². The van der Waals surface area contributed by atoms with Gasteiger partial charge in [0.2, 0.25) is 5.91 Å². The molecule has 0 aromatic heterocycles. The molecule has 24 heavy (non-hydrogen) atoms. The normalized spacial score (nSPS) is 19.0. The summed E-state index contributed by atoms with van der Waals surface area (Å²) in [5, 5.41) is 3.72. The third-order valence-electron chi connectivity index (χ3n) is 4.67. The number of fused-ring (bicyclic) bond motifs is 1. The van der Waals surface area contributed by atoms with Crippen molar-refractivity contribution >= 4 is 23.2 Å². The molecule has 4 rings (SSSR count). The van der Waals surface area contributed by atoms with E-state index in [4.69, 9.17) is 11.6 Å². The Morgan fingerprint density at radius 3 is 2.25 bits per heavy atom. The van der Waals surface area contributed by atoms with Gasteiger partial charge in [-0.25, -0.2) is 0 Å². The Bertz CT molecular complexity index is 889. The second-order valence-electron chi connectivity index (χ2n) is 6.07. The molecule has 0 aliphatic carbocycles. The number of carbonyl (C=O) groups is 1. The lowest BCUT2D eigenvalue weighted by Gasteiger charge is -2.28. The van der Waals surface area contributed by atoms with E-state index in [9.17, 15) is 4.79 Å². The number of hydrogen-bond donors (Lipinski definition) is 1. The first-order chi connectivity index (χ1) is 11.7. The molecule has 1 atom stereocenters. The van der Waals surface area contributed by atoms with Gasteiger partial charge in [-0.3, -0.25) is 4.79 Å². The lowest BCUT2D eigenvalue weighted by atomic mass is 9.71. The summed E-state index contributed by atoms with van der Waals surface area (Å²) in [6.45, 7) is 0. The van der Waals surface area contributed by atoms with Gasteiger partial charge in [0.15, 0.2) is 0 Å². The molecule has 1 heterocycles. The first kappa shape index (κ1) is 15.0.